The van der Waals surface area contributed by atoms with Gasteiger partial charge in [0, 0.05) is 57.2 Å². The lowest BCUT2D eigenvalue weighted by molar-refractivity contribution is 0.0928. The second-order valence-electron chi connectivity index (χ2n) is 8.10. The van der Waals surface area contributed by atoms with E-state index >= 15 is 0 Å². The summed E-state index contributed by atoms with van der Waals surface area (Å²) < 4.78 is 1.94. The molecular formula is C22H32N6O. The molecule has 0 saturated carbocycles. The molecule has 1 aromatic heterocycles. The Kier molecular flexibility index (Phi) is 6.46. The van der Waals surface area contributed by atoms with Gasteiger partial charge in [0.2, 0.25) is 0 Å². The highest BCUT2D eigenvalue weighted by atomic mass is 16.1. The summed E-state index contributed by atoms with van der Waals surface area (Å²) >= 11 is 0. The summed E-state index contributed by atoms with van der Waals surface area (Å²) in [6.45, 7) is 8.87. The van der Waals surface area contributed by atoms with E-state index in [0.29, 0.717) is 24.3 Å². The number of hydrogen-bond acceptors (Lipinski definition) is 5. The largest absolute Gasteiger partial charge is 0.369 e. The number of aromatic nitrogens is 2. The zero-order valence-corrected chi connectivity index (χ0v) is 17.3. The van der Waals surface area contributed by atoms with Gasteiger partial charge in [-0.25, -0.2) is 0 Å². The normalized spacial score (nSPS) is 21.7. The van der Waals surface area contributed by atoms with E-state index in [1.165, 1.54) is 5.69 Å². The van der Waals surface area contributed by atoms with Gasteiger partial charge in [-0.1, -0.05) is 18.2 Å². The standard InChI is InChI=1S/C22H32N6O/c1-18(26-12-14-27(15-13-26)19-6-3-2-4-7-19)16-24-22(29)21-9-11-28(25-21)20-8-5-10-23-17-20/h2-4,6-7,9,11,18,20,23H,5,8,10,12-17H2,1H3,(H,24,29). The zero-order valence-electron chi connectivity index (χ0n) is 17.3. The van der Waals surface area contributed by atoms with Crippen LogP contribution in [-0.2, 0) is 0 Å². The van der Waals surface area contributed by atoms with Crippen LogP contribution in [0, 0.1) is 0 Å². The van der Waals surface area contributed by atoms with Crippen LogP contribution in [0.3, 0.4) is 0 Å². The maximum absolute atomic E-state index is 12.5. The fourth-order valence-corrected chi connectivity index (χ4v) is 4.24. The Morgan fingerprint density at radius 3 is 2.72 bits per heavy atom. The number of rotatable bonds is 6. The molecule has 2 aliphatic heterocycles. The van der Waals surface area contributed by atoms with E-state index in [-0.39, 0.29) is 5.91 Å². The highest BCUT2D eigenvalue weighted by Crippen LogP contribution is 2.17. The Balaban J connectivity index is 1.23. The minimum Gasteiger partial charge on any atom is -0.369 e. The van der Waals surface area contributed by atoms with Crippen molar-refractivity contribution < 1.29 is 4.79 Å². The van der Waals surface area contributed by atoms with E-state index < -0.39 is 0 Å². The number of piperidine rings is 1. The molecule has 2 aliphatic rings. The van der Waals surface area contributed by atoms with Crippen molar-refractivity contribution in [1.29, 1.82) is 0 Å². The number of carbonyl (C=O) groups excluding carboxylic acids is 1. The van der Waals surface area contributed by atoms with Gasteiger partial charge in [0.1, 0.15) is 5.69 Å². The number of carbonyl (C=O) groups is 1. The fourth-order valence-electron chi connectivity index (χ4n) is 4.24. The van der Waals surface area contributed by atoms with Crippen LogP contribution in [0.2, 0.25) is 0 Å². The van der Waals surface area contributed by atoms with Crippen molar-refractivity contribution in [2.45, 2.75) is 31.8 Å². The van der Waals surface area contributed by atoms with Gasteiger partial charge in [0.05, 0.1) is 6.04 Å². The zero-order chi connectivity index (χ0) is 20.1. The van der Waals surface area contributed by atoms with E-state index in [2.05, 4.69) is 62.8 Å². The molecule has 1 aromatic carbocycles. The fraction of sp³-hybridized carbons (Fsp3) is 0.545. The van der Waals surface area contributed by atoms with E-state index in [1.807, 2.05) is 16.9 Å². The third kappa shape index (κ3) is 4.97. The summed E-state index contributed by atoms with van der Waals surface area (Å²) in [7, 11) is 0. The molecule has 2 saturated heterocycles. The predicted octanol–water partition coefficient (Wildman–Crippen LogP) is 1.75. The third-order valence-electron chi connectivity index (χ3n) is 6.10. The summed E-state index contributed by atoms with van der Waals surface area (Å²) in [6, 6.07) is 13.1. The van der Waals surface area contributed by atoms with Gasteiger partial charge in [-0.2, -0.15) is 5.10 Å². The molecule has 2 N–H and O–H groups in total. The highest BCUT2D eigenvalue weighted by Gasteiger charge is 2.22. The first-order valence-electron chi connectivity index (χ1n) is 10.8. The summed E-state index contributed by atoms with van der Waals surface area (Å²) in [4.78, 5) is 17.4. The van der Waals surface area contributed by atoms with Crippen molar-refractivity contribution in [2.24, 2.45) is 0 Å². The lowest BCUT2D eigenvalue weighted by Gasteiger charge is -2.39. The number of nitrogens with zero attached hydrogens (tertiary/aromatic N) is 4. The lowest BCUT2D eigenvalue weighted by Crippen LogP contribution is -2.52. The molecule has 156 valence electrons. The molecule has 29 heavy (non-hydrogen) atoms. The van der Waals surface area contributed by atoms with E-state index in [0.717, 1.165) is 52.1 Å². The predicted molar refractivity (Wildman–Crippen MR) is 115 cm³/mol. The smallest absolute Gasteiger partial charge is 0.271 e. The van der Waals surface area contributed by atoms with Crippen LogP contribution >= 0.6 is 0 Å². The number of piperazine rings is 1. The quantitative estimate of drug-likeness (QED) is 0.779. The van der Waals surface area contributed by atoms with Crippen molar-refractivity contribution in [3.63, 3.8) is 0 Å². The molecule has 2 aromatic rings. The molecule has 0 aliphatic carbocycles. The van der Waals surface area contributed by atoms with Gasteiger partial charge in [-0.3, -0.25) is 14.4 Å². The van der Waals surface area contributed by atoms with Crippen molar-refractivity contribution >= 4 is 11.6 Å². The van der Waals surface area contributed by atoms with Gasteiger partial charge in [0.25, 0.3) is 5.91 Å². The molecule has 7 heteroatoms. The number of hydrogen-bond donors (Lipinski definition) is 2. The number of nitrogens with one attached hydrogen (secondary N) is 2. The molecular weight excluding hydrogens is 364 g/mol. The molecule has 3 heterocycles. The molecule has 0 bridgehead atoms. The van der Waals surface area contributed by atoms with Gasteiger partial charge >= 0.3 is 0 Å². The van der Waals surface area contributed by atoms with Crippen LogP contribution in [0.4, 0.5) is 5.69 Å². The first kappa shape index (κ1) is 19.9. The molecule has 2 fully saturated rings. The monoisotopic (exact) mass is 396 g/mol. The topological polar surface area (TPSA) is 65.4 Å². The Labute approximate surface area is 173 Å². The van der Waals surface area contributed by atoms with Crippen LogP contribution in [0.5, 0.6) is 0 Å². The second-order valence-corrected chi connectivity index (χ2v) is 8.10. The third-order valence-corrected chi connectivity index (χ3v) is 6.10. The maximum Gasteiger partial charge on any atom is 0.271 e. The maximum atomic E-state index is 12.5. The van der Waals surface area contributed by atoms with Crippen LogP contribution in [0.25, 0.3) is 0 Å². The molecule has 2 atom stereocenters. The van der Waals surface area contributed by atoms with Gasteiger partial charge in [-0.05, 0) is 44.5 Å². The second kappa shape index (κ2) is 9.41. The minimum absolute atomic E-state index is 0.0812. The van der Waals surface area contributed by atoms with E-state index in [1.54, 1.807) is 0 Å². The van der Waals surface area contributed by atoms with Crippen LogP contribution in [-0.4, -0.2) is 72.4 Å². The Hall–Kier alpha value is -2.38. The molecule has 0 radical (unpaired) electrons. The van der Waals surface area contributed by atoms with E-state index in [4.69, 9.17) is 0 Å². The SMILES string of the molecule is CC(CNC(=O)c1ccn(C2CCCNC2)n1)N1CCN(c2ccccc2)CC1. The van der Waals surface area contributed by atoms with Gasteiger partial charge in [0.15, 0.2) is 0 Å². The summed E-state index contributed by atoms with van der Waals surface area (Å²) in [6.07, 6.45) is 4.20. The molecule has 4 rings (SSSR count). The Morgan fingerprint density at radius 2 is 2.00 bits per heavy atom. The Bertz CT molecular complexity index is 778. The first-order chi connectivity index (χ1) is 14.2. The van der Waals surface area contributed by atoms with Gasteiger partial charge in [-0.15, -0.1) is 0 Å². The minimum atomic E-state index is -0.0812. The first-order valence-corrected chi connectivity index (χ1v) is 10.8. The summed E-state index contributed by atoms with van der Waals surface area (Å²) in [5, 5.41) is 11.0. The van der Waals surface area contributed by atoms with Crippen molar-refractivity contribution in [2.75, 3.05) is 50.7 Å². The highest BCUT2D eigenvalue weighted by molar-refractivity contribution is 5.92. The Morgan fingerprint density at radius 1 is 1.21 bits per heavy atom. The average Bonchev–Trinajstić information content (AvgIpc) is 3.29. The lowest BCUT2D eigenvalue weighted by atomic mass is 10.1. The number of anilines is 1. The van der Waals surface area contributed by atoms with Gasteiger partial charge < -0.3 is 15.5 Å². The van der Waals surface area contributed by atoms with Crippen molar-refractivity contribution in [3.05, 3.63) is 48.3 Å². The molecule has 7 nitrogen and oxygen atoms in total. The van der Waals surface area contributed by atoms with Crippen LogP contribution < -0.4 is 15.5 Å². The number of para-hydroxylation sites is 1. The number of amides is 1. The van der Waals surface area contributed by atoms with Crippen LogP contribution in [0.1, 0.15) is 36.3 Å². The molecule has 1 amide bonds. The average molecular weight is 397 g/mol. The van der Waals surface area contributed by atoms with E-state index in [9.17, 15) is 4.79 Å². The summed E-state index contributed by atoms with van der Waals surface area (Å²) in [5.74, 6) is -0.0812. The number of benzene rings is 1. The van der Waals surface area contributed by atoms with Crippen molar-refractivity contribution in [1.82, 2.24) is 25.3 Å². The van der Waals surface area contributed by atoms with Crippen LogP contribution in [0.15, 0.2) is 42.6 Å². The summed E-state index contributed by atoms with van der Waals surface area (Å²) in [5.41, 5.74) is 1.80. The molecule has 2 unspecified atom stereocenters. The van der Waals surface area contributed by atoms with Crippen molar-refractivity contribution in [3.8, 4) is 0 Å². The molecule has 0 spiro atoms.